The molecule has 8 nitrogen and oxygen atoms in total. The number of sulfonamides is 1. The minimum atomic E-state index is -3.88. The molecule has 0 saturated carbocycles. The minimum Gasteiger partial charge on any atom is -0.455 e. The van der Waals surface area contributed by atoms with E-state index in [1.807, 2.05) is 12.1 Å². The van der Waals surface area contributed by atoms with Crippen LogP contribution in [0.1, 0.15) is 5.56 Å². The summed E-state index contributed by atoms with van der Waals surface area (Å²) in [5.74, 6) is 1.16. The van der Waals surface area contributed by atoms with Gasteiger partial charge in [0.1, 0.15) is 17.6 Å². The number of ether oxygens (including phenoxy) is 1. The number of rotatable bonds is 6. The smallest absolute Gasteiger partial charge is 0.263 e. The van der Waals surface area contributed by atoms with Crippen LogP contribution in [0.3, 0.4) is 0 Å². The fourth-order valence-corrected chi connectivity index (χ4v) is 4.35. The van der Waals surface area contributed by atoms with Crippen LogP contribution < -0.4 is 9.46 Å². The Morgan fingerprint density at radius 2 is 1.97 bits per heavy atom. The van der Waals surface area contributed by atoms with Gasteiger partial charge in [0.2, 0.25) is 0 Å². The number of benzene rings is 2. The number of anilines is 1. The van der Waals surface area contributed by atoms with Gasteiger partial charge in [-0.2, -0.15) is 5.26 Å². The lowest BCUT2D eigenvalue weighted by molar-refractivity contribution is 0.427. The molecule has 0 radical (unpaired) electrons. The standard InChI is InChI=1S/C19H12N4O4S2/c20-12-13-11-14(29(24,25)23-19-21-9-10-28-19)5-6-16(13)26-17-4-2-1-3-15(17)18-7-8-22-27-18/h1-11H,(H,21,23). The quantitative estimate of drug-likeness (QED) is 0.491. The summed E-state index contributed by atoms with van der Waals surface area (Å²) in [6.07, 6.45) is 3.01. The number of hydrogen-bond acceptors (Lipinski definition) is 8. The zero-order valence-corrected chi connectivity index (χ0v) is 16.3. The molecule has 0 aliphatic carbocycles. The number of hydrogen-bond donors (Lipinski definition) is 1. The average molecular weight is 424 g/mol. The number of aromatic nitrogens is 2. The first kappa shape index (κ1) is 18.7. The van der Waals surface area contributed by atoms with Crippen LogP contribution in [-0.4, -0.2) is 18.6 Å². The van der Waals surface area contributed by atoms with Crippen molar-refractivity contribution in [3.05, 3.63) is 71.9 Å². The largest absolute Gasteiger partial charge is 0.455 e. The van der Waals surface area contributed by atoms with Gasteiger partial charge in [-0.05, 0) is 30.3 Å². The van der Waals surface area contributed by atoms with Crippen LogP contribution in [0.5, 0.6) is 11.5 Å². The van der Waals surface area contributed by atoms with Crippen LogP contribution in [0.15, 0.2) is 75.7 Å². The Morgan fingerprint density at radius 1 is 1.10 bits per heavy atom. The van der Waals surface area contributed by atoms with Gasteiger partial charge >= 0.3 is 0 Å². The predicted octanol–water partition coefficient (Wildman–Crippen LogP) is 4.26. The molecule has 0 aliphatic heterocycles. The summed E-state index contributed by atoms with van der Waals surface area (Å²) in [4.78, 5) is 3.83. The van der Waals surface area contributed by atoms with E-state index >= 15 is 0 Å². The lowest BCUT2D eigenvalue weighted by Gasteiger charge is -2.12. The molecule has 144 valence electrons. The summed E-state index contributed by atoms with van der Waals surface area (Å²) in [5, 5.41) is 15.1. The molecule has 0 aliphatic rings. The summed E-state index contributed by atoms with van der Waals surface area (Å²) in [6, 6.07) is 14.8. The monoisotopic (exact) mass is 424 g/mol. The van der Waals surface area contributed by atoms with E-state index in [2.05, 4.69) is 14.9 Å². The van der Waals surface area contributed by atoms with Gasteiger partial charge in [-0.25, -0.2) is 13.4 Å². The van der Waals surface area contributed by atoms with Gasteiger partial charge in [-0.1, -0.05) is 17.3 Å². The van der Waals surface area contributed by atoms with Crippen molar-refractivity contribution >= 4 is 26.5 Å². The topological polar surface area (TPSA) is 118 Å². The molecule has 0 atom stereocenters. The Kier molecular flexibility index (Phi) is 4.99. The Hall–Kier alpha value is -3.68. The van der Waals surface area contributed by atoms with E-state index < -0.39 is 10.0 Å². The Morgan fingerprint density at radius 3 is 2.69 bits per heavy atom. The van der Waals surface area contributed by atoms with Crippen LogP contribution in [-0.2, 0) is 10.0 Å². The third-order valence-electron chi connectivity index (χ3n) is 3.85. The van der Waals surface area contributed by atoms with Gasteiger partial charge < -0.3 is 9.26 Å². The molecule has 0 spiro atoms. The van der Waals surface area contributed by atoms with E-state index in [1.54, 1.807) is 29.6 Å². The number of para-hydroxylation sites is 1. The molecule has 4 aromatic rings. The zero-order valence-electron chi connectivity index (χ0n) is 14.6. The minimum absolute atomic E-state index is 0.0689. The van der Waals surface area contributed by atoms with Gasteiger partial charge in [0.25, 0.3) is 10.0 Å². The average Bonchev–Trinajstić information content (AvgIpc) is 3.42. The lowest BCUT2D eigenvalue weighted by atomic mass is 10.1. The van der Waals surface area contributed by atoms with E-state index in [1.165, 1.54) is 30.6 Å². The highest BCUT2D eigenvalue weighted by molar-refractivity contribution is 7.93. The second-order valence-corrected chi connectivity index (χ2v) is 8.26. The van der Waals surface area contributed by atoms with E-state index in [0.29, 0.717) is 17.1 Å². The molecule has 2 aromatic heterocycles. The summed E-state index contributed by atoms with van der Waals surface area (Å²) >= 11 is 1.15. The summed E-state index contributed by atoms with van der Waals surface area (Å²) < 4.78 is 38.5. The second kappa shape index (κ2) is 7.75. The van der Waals surface area contributed by atoms with E-state index in [0.717, 1.165) is 11.3 Å². The molecule has 0 unspecified atom stereocenters. The third kappa shape index (κ3) is 3.96. The number of thiazole rings is 1. The van der Waals surface area contributed by atoms with Crippen LogP contribution in [0.2, 0.25) is 0 Å². The summed E-state index contributed by atoms with van der Waals surface area (Å²) in [7, 11) is -3.88. The van der Waals surface area contributed by atoms with Gasteiger partial charge in [-0.3, -0.25) is 4.72 Å². The van der Waals surface area contributed by atoms with E-state index in [-0.39, 0.29) is 21.3 Å². The van der Waals surface area contributed by atoms with Crippen molar-refractivity contribution in [2.45, 2.75) is 4.90 Å². The van der Waals surface area contributed by atoms with Crippen molar-refractivity contribution in [1.29, 1.82) is 5.26 Å². The Bertz CT molecular complexity index is 1280. The van der Waals surface area contributed by atoms with Crippen LogP contribution in [0.25, 0.3) is 11.3 Å². The molecule has 1 N–H and O–H groups in total. The van der Waals surface area contributed by atoms with Gasteiger partial charge in [0.15, 0.2) is 10.9 Å². The van der Waals surface area contributed by atoms with Gasteiger partial charge in [0, 0.05) is 17.6 Å². The first-order valence-electron chi connectivity index (χ1n) is 8.21. The van der Waals surface area contributed by atoms with Crippen molar-refractivity contribution in [3.8, 4) is 28.9 Å². The summed E-state index contributed by atoms with van der Waals surface area (Å²) in [5.41, 5.74) is 0.718. The molecule has 0 amide bonds. The van der Waals surface area contributed by atoms with Crippen LogP contribution >= 0.6 is 11.3 Å². The number of nitrogens with zero attached hydrogens (tertiary/aromatic N) is 3. The van der Waals surface area contributed by atoms with Crippen LogP contribution in [0, 0.1) is 11.3 Å². The second-order valence-electron chi connectivity index (χ2n) is 5.69. The molecular weight excluding hydrogens is 412 g/mol. The fourth-order valence-electron chi connectivity index (χ4n) is 2.53. The van der Waals surface area contributed by atoms with Gasteiger partial charge in [-0.15, -0.1) is 11.3 Å². The number of nitriles is 1. The molecule has 2 aromatic carbocycles. The van der Waals surface area contributed by atoms with Crippen molar-refractivity contribution in [2.24, 2.45) is 0 Å². The molecule has 0 fully saturated rings. The maximum atomic E-state index is 12.5. The van der Waals surface area contributed by atoms with Crippen molar-refractivity contribution in [2.75, 3.05) is 4.72 Å². The van der Waals surface area contributed by atoms with Crippen LogP contribution in [0.4, 0.5) is 5.13 Å². The number of nitrogens with one attached hydrogen (secondary N) is 1. The molecule has 10 heteroatoms. The molecule has 0 saturated heterocycles. The molecule has 2 heterocycles. The van der Waals surface area contributed by atoms with Crippen molar-refractivity contribution in [3.63, 3.8) is 0 Å². The highest BCUT2D eigenvalue weighted by Gasteiger charge is 2.19. The highest BCUT2D eigenvalue weighted by atomic mass is 32.2. The van der Waals surface area contributed by atoms with Crippen molar-refractivity contribution < 1.29 is 17.7 Å². The maximum Gasteiger partial charge on any atom is 0.263 e. The third-order valence-corrected chi connectivity index (χ3v) is 6.00. The SMILES string of the molecule is N#Cc1cc(S(=O)(=O)Nc2nccs2)ccc1Oc1ccccc1-c1ccno1. The summed E-state index contributed by atoms with van der Waals surface area (Å²) in [6.45, 7) is 0. The maximum absolute atomic E-state index is 12.5. The molecule has 4 rings (SSSR count). The van der Waals surface area contributed by atoms with Gasteiger partial charge in [0.05, 0.1) is 22.2 Å². The fraction of sp³-hybridized carbons (Fsp3) is 0. The molecule has 29 heavy (non-hydrogen) atoms. The lowest BCUT2D eigenvalue weighted by Crippen LogP contribution is -2.13. The molecular formula is C19H12N4O4S2. The Balaban J connectivity index is 1.66. The predicted molar refractivity (Wildman–Crippen MR) is 106 cm³/mol. The zero-order chi connectivity index (χ0) is 20.3. The first-order valence-corrected chi connectivity index (χ1v) is 10.6. The molecule has 0 bridgehead atoms. The van der Waals surface area contributed by atoms with E-state index in [9.17, 15) is 13.7 Å². The van der Waals surface area contributed by atoms with Crippen molar-refractivity contribution in [1.82, 2.24) is 10.1 Å². The first-order chi connectivity index (χ1) is 14.1. The highest BCUT2D eigenvalue weighted by Crippen LogP contribution is 2.35. The van der Waals surface area contributed by atoms with E-state index in [4.69, 9.17) is 9.26 Å². The Labute approximate surface area is 170 Å². The normalized spacial score (nSPS) is 11.0.